The molecule has 0 radical (unpaired) electrons. The number of nitrogens with one attached hydrogen (secondary N) is 1. The zero-order valence-electron chi connectivity index (χ0n) is 29.9. The summed E-state index contributed by atoms with van der Waals surface area (Å²) < 4.78 is 23.6. The van der Waals surface area contributed by atoms with Crippen LogP contribution in [-0.2, 0) is 19.1 Å². The predicted molar refractivity (Wildman–Crippen MR) is 185 cm³/mol. The number of carbonyl (C=O) groups excluding carboxylic acids is 3. The van der Waals surface area contributed by atoms with E-state index in [2.05, 4.69) is 23.5 Å². The Morgan fingerprint density at radius 2 is 1.83 bits per heavy atom. The molecule has 11 nitrogen and oxygen atoms in total. The Hall–Kier alpha value is -4.15. The lowest BCUT2D eigenvalue weighted by Gasteiger charge is -2.36. The second-order valence-corrected chi connectivity index (χ2v) is 15.0. The van der Waals surface area contributed by atoms with Crippen LogP contribution in [0.25, 0.3) is 17.1 Å². The van der Waals surface area contributed by atoms with Gasteiger partial charge in [-0.15, -0.1) is 6.58 Å². The molecule has 1 aliphatic heterocycles. The fourth-order valence-electron chi connectivity index (χ4n) is 6.38. The lowest BCUT2D eigenvalue weighted by atomic mass is 9.85. The topological polar surface area (TPSA) is 129 Å². The van der Waals surface area contributed by atoms with Crippen LogP contribution < -0.4 is 14.8 Å². The Bertz CT molecular complexity index is 1540. The van der Waals surface area contributed by atoms with Crippen LogP contribution in [0, 0.1) is 17.3 Å². The highest BCUT2D eigenvalue weighted by atomic mass is 16.6. The number of aromatic nitrogens is 2. The van der Waals surface area contributed by atoms with Crippen molar-refractivity contribution >= 4 is 35.1 Å². The first kappa shape index (κ1) is 36.7. The van der Waals surface area contributed by atoms with E-state index in [1.807, 2.05) is 40.7 Å². The maximum atomic E-state index is 14.5. The van der Waals surface area contributed by atoms with E-state index in [9.17, 15) is 14.4 Å². The molecule has 1 aromatic carbocycles. The molecule has 48 heavy (non-hydrogen) atoms. The van der Waals surface area contributed by atoms with E-state index in [0.29, 0.717) is 28.9 Å². The van der Waals surface area contributed by atoms with Gasteiger partial charge in [0, 0.05) is 17.9 Å². The van der Waals surface area contributed by atoms with E-state index in [1.165, 1.54) is 4.90 Å². The molecule has 1 N–H and O–H groups in total. The molecule has 1 unspecified atom stereocenters. The highest BCUT2D eigenvalue weighted by Gasteiger charge is 2.56. The molecule has 0 bridgehead atoms. The molecule has 2 aromatic rings. The number of rotatable bonds is 12. The van der Waals surface area contributed by atoms with Crippen molar-refractivity contribution in [2.24, 2.45) is 17.3 Å². The van der Waals surface area contributed by atoms with Crippen LogP contribution in [0.3, 0.4) is 0 Å². The number of methoxy groups -OCH3 is 1. The summed E-state index contributed by atoms with van der Waals surface area (Å²) in [5.74, 6) is -0.412. The fourth-order valence-corrected chi connectivity index (χ4v) is 6.38. The Morgan fingerprint density at radius 1 is 1.12 bits per heavy atom. The minimum Gasteiger partial charge on any atom is -0.497 e. The van der Waals surface area contributed by atoms with Gasteiger partial charge in [0.15, 0.2) is 0 Å². The van der Waals surface area contributed by atoms with Gasteiger partial charge in [-0.3, -0.25) is 4.79 Å². The van der Waals surface area contributed by atoms with E-state index in [-0.39, 0.29) is 18.3 Å². The van der Waals surface area contributed by atoms with Crippen LogP contribution in [0.4, 0.5) is 4.79 Å². The zero-order chi connectivity index (χ0) is 35.6. The molecule has 1 aromatic heterocycles. The molecule has 1 saturated carbocycles. The molecule has 0 spiro atoms. The van der Waals surface area contributed by atoms with Crippen molar-refractivity contribution in [3.63, 3.8) is 0 Å². The molecule has 2 amide bonds. The van der Waals surface area contributed by atoms with Crippen molar-refractivity contribution in [1.29, 1.82) is 0 Å². The maximum Gasteiger partial charge on any atom is 0.408 e. The van der Waals surface area contributed by atoms with Crippen molar-refractivity contribution in [3.05, 3.63) is 43.1 Å². The second kappa shape index (κ2) is 14.1. The molecule has 2 fully saturated rings. The van der Waals surface area contributed by atoms with Gasteiger partial charge in [-0.2, -0.15) is 0 Å². The number of allylic oxidation sites excluding steroid dienone is 1. The summed E-state index contributed by atoms with van der Waals surface area (Å²) in [4.78, 5) is 52.4. The number of amides is 2. The predicted octanol–water partition coefficient (Wildman–Crippen LogP) is 6.49. The molecule has 4 rings (SSSR count). The number of benzene rings is 1. The first-order valence-electron chi connectivity index (χ1n) is 16.8. The molecule has 262 valence electrons. The molecular weight excluding hydrogens is 612 g/mol. The number of ether oxygens (including phenoxy) is 4. The average molecular weight is 665 g/mol. The van der Waals surface area contributed by atoms with Crippen molar-refractivity contribution in [3.8, 4) is 11.6 Å². The lowest BCUT2D eigenvalue weighted by Crippen LogP contribution is -2.58. The van der Waals surface area contributed by atoms with E-state index in [4.69, 9.17) is 23.9 Å². The average Bonchev–Trinajstić information content (AvgIpc) is 3.60. The monoisotopic (exact) mass is 664 g/mol. The van der Waals surface area contributed by atoms with Crippen LogP contribution in [0.5, 0.6) is 11.6 Å². The van der Waals surface area contributed by atoms with Crippen LogP contribution in [0.15, 0.2) is 37.4 Å². The summed E-state index contributed by atoms with van der Waals surface area (Å²) >= 11 is 0. The highest BCUT2D eigenvalue weighted by Crippen LogP contribution is 2.52. The number of alkyl carbamates (subject to hydrolysis) is 1. The summed E-state index contributed by atoms with van der Waals surface area (Å²) in [6.07, 6.45) is 5.29. The number of hydrogen-bond acceptors (Lipinski definition) is 9. The van der Waals surface area contributed by atoms with Gasteiger partial charge in [0.1, 0.15) is 40.8 Å². The normalized spacial score (nSPS) is 24.4. The molecular formula is C37H52N4O7. The number of fused-ring (bicyclic) bond motifs is 1. The van der Waals surface area contributed by atoms with Crippen molar-refractivity contribution in [2.75, 3.05) is 13.7 Å². The number of nitrogens with zero attached hydrogens (tertiary/aromatic N) is 3. The van der Waals surface area contributed by atoms with Gasteiger partial charge < -0.3 is 29.2 Å². The Balaban J connectivity index is 1.63. The molecule has 1 aliphatic carbocycles. The smallest absolute Gasteiger partial charge is 0.408 e. The third-order valence-corrected chi connectivity index (χ3v) is 9.21. The second-order valence-electron chi connectivity index (χ2n) is 15.0. The van der Waals surface area contributed by atoms with Crippen molar-refractivity contribution in [2.45, 2.75) is 110 Å². The number of esters is 1. The molecule has 6 atom stereocenters. The van der Waals surface area contributed by atoms with Gasteiger partial charge in [0.2, 0.25) is 11.8 Å². The maximum absolute atomic E-state index is 14.5. The Morgan fingerprint density at radius 3 is 2.42 bits per heavy atom. The van der Waals surface area contributed by atoms with E-state index in [1.54, 1.807) is 52.2 Å². The fraction of sp³-hybridized carbons (Fsp3) is 0.595. The van der Waals surface area contributed by atoms with Gasteiger partial charge in [0.25, 0.3) is 0 Å². The van der Waals surface area contributed by atoms with Crippen LogP contribution in [0.1, 0.15) is 86.8 Å². The third kappa shape index (κ3) is 8.10. The van der Waals surface area contributed by atoms with Gasteiger partial charge in [-0.05, 0) is 70.1 Å². The van der Waals surface area contributed by atoms with E-state index >= 15 is 0 Å². The Labute approximate surface area is 284 Å². The summed E-state index contributed by atoms with van der Waals surface area (Å²) in [7, 11) is 1.57. The minimum atomic E-state index is -1.00. The zero-order valence-corrected chi connectivity index (χ0v) is 29.9. The summed E-state index contributed by atoms with van der Waals surface area (Å²) in [5, 5.41) is 2.86. The van der Waals surface area contributed by atoms with Crippen molar-refractivity contribution in [1.82, 2.24) is 20.2 Å². The molecule has 11 heteroatoms. The SMILES string of the molecule is C=CCCC1C[C@]1(CC)OC(=O)N[C@H](C(=O)N1C[C@H](Oc2nc3cc(OC)ccc3nc2C=C)[C@@H](C)[C@H]1C(=O)OC(C)(C)C)C(C)(C)C. The highest BCUT2D eigenvalue weighted by molar-refractivity contribution is 5.91. The molecule has 2 aliphatic rings. The van der Waals surface area contributed by atoms with E-state index in [0.717, 1.165) is 19.3 Å². The van der Waals surface area contributed by atoms with Gasteiger partial charge >= 0.3 is 12.1 Å². The van der Waals surface area contributed by atoms with Crippen LogP contribution in [0.2, 0.25) is 0 Å². The number of carbonyl (C=O) groups is 3. The lowest BCUT2D eigenvalue weighted by molar-refractivity contribution is -0.165. The largest absolute Gasteiger partial charge is 0.497 e. The first-order chi connectivity index (χ1) is 22.5. The summed E-state index contributed by atoms with van der Waals surface area (Å²) in [6, 6.07) is 3.36. The van der Waals surface area contributed by atoms with E-state index < -0.39 is 58.7 Å². The molecule has 2 heterocycles. The minimum absolute atomic E-state index is 0.0458. The summed E-state index contributed by atoms with van der Waals surface area (Å²) in [6.45, 7) is 22.5. The van der Waals surface area contributed by atoms with Crippen molar-refractivity contribution < 1.29 is 33.3 Å². The van der Waals surface area contributed by atoms with Gasteiger partial charge in [0.05, 0.1) is 24.7 Å². The Kier molecular flexibility index (Phi) is 10.8. The van der Waals surface area contributed by atoms with Gasteiger partial charge in [-0.25, -0.2) is 19.6 Å². The van der Waals surface area contributed by atoms with Gasteiger partial charge in [-0.1, -0.05) is 47.3 Å². The number of hydrogen-bond donors (Lipinski definition) is 1. The third-order valence-electron chi connectivity index (χ3n) is 9.21. The number of likely N-dealkylation sites (tertiary alicyclic amines) is 1. The molecule has 1 saturated heterocycles. The quantitative estimate of drug-likeness (QED) is 0.200. The summed E-state index contributed by atoms with van der Waals surface area (Å²) in [5.41, 5.74) is -0.454. The van der Waals surface area contributed by atoms with Crippen LogP contribution >= 0.6 is 0 Å². The first-order valence-corrected chi connectivity index (χ1v) is 16.8. The van der Waals surface area contributed by atoms with Crippen LogP contribution in [-0.4, -0.2) is 75.9 Å². The standard InChI is InChI=1S/C37H52N4O7/c1-12-15-16-23-20-37(23,14-3)48-34(44)40-30(35(5,6)7)32(42)41-21-28(22(4)29(41)33(43)47-36(8,9)10)46-31-25(13-2)38-26-18-17-24(45-11)19-27(26)39-31/h12-13,17-19,22-23,28-30H,1-2,14-16,20-21H2,3-11H3,(H,40,44)/t22-,23?,28+,29+,30-,37+/m1/s1.